The molecule has 1 amide bonds. The number of pyridine rings is 1. The van der Waals surface area contributed by atoms with Gasteiger partial charge in [-0.3, -0.25) is 9.59 Å². The summed E-state index contributed by atoms with van der Waals surface area (Å²) in [6.45, 7) is 2.57. The summed E-state index contributed by atoms with van der Waals surface area (Å²) in [7, 11) is 0. The number of rotatable bonds is 7. The van der Waals surface area contributed by atoms with Crippen molar-refractivity contribution in [1.82, 2.24) is 15.6 Å². The maximum atomic E-state index is 12.3. The van der Waals surface area contributed by atoms with Crippen molar-refractivity contribution in [3.8, 4) is 5.88 Å². The van der Waals surface area contributed by atoms with Gasteiger partial charge in [-0.2, -0.15) is 0 Å². The van der Waals surface area contributed by atoms with Crippen LogP contribution in [-0.4, -0.2) is 42.9 Å². The molecule has 26 heavy (non-hydrogen) atoms. The highest BCUT2D eigenvalue weighted by Gasteiger charge is 2.20. The third-order valence-corrected chi connectivity index (χ3v) is 4.40. The predicted octanol–water partition coefficient (Wildman–Crippen LogP) is 1.81. The number of carbonyl (C=O) groups is 2. The van der Waals surface area contributed by atoms with Crippen LogP contribution < -0.4 is 15.4 Å². The molecule has 136 valence electrons. The van der Waals surface area contributed by atoms with Gasteiger partial charge in [0, 0.05) is 29.3 Å². The van der Waals surface area contributed by atoms with Crippen LogP contribution in [-0.2, 0) is 4.79 Å². The SMILES string of the molecule is O=C(c1ccccc1)c1ccc(OCCNC(=O)C2CCNCC2)nc1. The second-order valence-electron chi connectivity index (χ2n) is 6.24. The van der Waals surface area contributed by atoms with Crippen LogP contribution in [0.1, 0.15) is 28.8 Å². The van der Waals surface area contributed by atoms with Gasteiger partial charge in [-0.1, -0.05) is 30.3 Å². The van der Waals surface area contributed by atoms with Crippen molar-refractivity contribution in [3.05, 3.63) is 59.8 Å². The van der Waals surface area contributed by atoms with Crippen LogP contribution in [0.2, 0.25) is 0 Å². The molecule has 1 aliphatic heterocycles. The average Bonchev–Trinajstić information content (AvgIpc) is 2.72. The van der Waals surface area contributed by atoms with E-state index >= 15 is 0 Å². The fourth-order valence-electron chi connectivity index (χ4n) is 2.91. The van der Waals surface area contributed by atoms with Gasteiger partial charge in [-0.15, -0.1) is 0 Å². The molecule has 1 saturated heterocycles. The van der Waals surface area contributed by atoms with Crippen molar-refractivity contribution >= 4 is 11.7 Å². The van der Waals surface area contributed by atoms with Crippen molar-refractivity contribution in [2.24, 2.45) is 5.92 Å². The molecule has 1 aliphatic rings. The first-order valence-corrected chi connectivity index (χ1v) is 8.91. The van der Waals surface area contributed by atoms with Crippen molar-refractivity contribution in [2.45, 2.75) is 12.8 Å². The first kappa shape index (κ1) is 18.1. The lowest BCUT2D eigenvalue weighted by molar-refractivity contribution is -0.125. The van der Waals surface area contributed by atoms with Gasteiger partial charge in [0.2, 0.25) is 11.8 Å². The third kappa shape index (κ3) is 4.89. The lowest BCUT2D eigenvalue weighted by Gasteiger charge is -2.21. The number of nitrogens with zero attached hydrogens (tertiary/aromatic N) is 1. The van der Waals surface area contributed by atoms with E-state index in [9.17, 15) is 9.59 Å². The van der Waals surface area contributed by atoms with E-state index in [-0.39, 0.29) is 17.6 Å². The van der Waals surface area contributed by atoms with Gasteiger partial charge >= 0.3 is 0 Å². The van der Waals surface area contributed by atoms with Crippen LogP contribution in [0.5, 0.6) is 5.88 Å². The molecule has 6 heteroatoms. The van der Waals surface area contributed by atoms with Gasteiger partial charge in [0.1, 0.15) is 6.61 Å². The van der Waals surface area contributed by atoms with Crippen LogP contribution in [0.4, 0.5) is 0 Å². The Hall–Kier alpha value is -2.73. The minimum absolute atomic E-state index is 0.0705. The zero-order valence-electron chi connectivity index (χ0n) is 14.6. The summed E-state index contributed by atoms with van der Waals surface area (Å²) >= 11 is 0. The first-order chi connectivity index (χ1) is 12.7. The third-order valence-electron chi connectivity index (χ3n) is 4.40. The number of hydrogen-bond donors (Lipinski definition) is 2. The molecule has 0 unspecified atom stereocenters. The van der Waals surface area contributed by atoms with E-state index in [4.69, 9.17) is 4.74 Å². The smallest absolute Gasteiger partial charge is 0.223 e. The Bertz CT molecular complexity index is 726. The lowest BCUT2D eigenvalue weighted by atomic mass is 9.97. The van der Waals surface area contributed by atoms with Crippen molar-refractivity contribution in [2.75, 3.05) is 26.2 Å². The molecule has 0 atom stereocenters. The van der Waals surface area contributed by atoms with Crippen LogP contribution in [0.25, 0.3) is 0 Å². The van der Waals surface area contributed by atoms with Gasteiger partial charge in [0.25, 0.3) is 0 Å². The highest BCUT2D eigenvalue weighted by atomic mass is 16.5. The van der Waals surface area contributed by atoms with Crippen molar-refractivity contribution in [3.63, 3.8) is 0 Å². The second-order valence-corrected chi connectivity index (χ2v) is 6.24. The largest absolute Gasteiger partial charge is 0.476 e. The second kappa shape index (κ2) is 9.10. The van der Waals surface area contributed by atoms with E-state index in [1.807, 2.05) is 18.2 Å². The summed E-state index contributed by atoms with van der Waals surface area (Å²) in [6.07, 6.45) is 3.27. The summed E-state index contributed by atoms with van der Waals surface area (Å²) in [5.41, 5.74) is 1.14. The van der Waals surface area contributed by atoms with Gasteiger partial charge < -0.3 is 15.4 Å². The summed E-state index contributed by atoms with van der Waals surface area (Å²) in [5, 5.41) is 6.14. The molecule has 0 aliphatic carbocycles. The Morgan fingerprint density at radius 3 is 2.54 bits per heavy atom. The van der Waals surface area contributed by atoms with Gasteiger partial charge in [0.15, 0.2) is 5.78 Å². The number of aromatic nitrogens is 1. The fraction of sp³-hybridized carbons (Fsp3) is 0.350. The standard InChI is InChI=1S/C20H23N3O3/c24-19(15-4-2-1-3-5-15)17-6-7-18(23-14-17)26-13-12-22-20(25)16-8-10-21-11-9-16/h1-7,14,16,21H,8-13H2,(H,22,25). The average molecular weight is 353 g/mol. The number of carbonyl (C=O) groups excluding carboxylic acids is 2. The Morgan fingerprint density at radius 2 is 1.85 bits per heavy atom. The molecule has 1 fully saturated rings. The molecule has 2 heterocycles. The molecule has 0 saturated carbocycles. The fourth-order valence-corrected chi connectivity index (χ4v) is 2.91. The molecule has 1 aromatic heterocycles. The molecular formula is C20H23N3O3. The Labute approximate surface area is 153 Å². The van der Waals surface area contributed by atoms with Crippen LogP contribution in [0.15, 0.2) is 48.7 Å². The first-order valence-electron chi connectivity index (χ1n) is 8.91. The molecular weight excluding hydrogens is 330 g/mol. The van der Waals surface area contributed by atoms with Gasteiger partial charge in [0.05, 0.1) is 6.54 Å². The summed E-state index contributed by atoms with van der Waals surface area (Å²) < 4.78 is 5.53. The minimum Gasteiger partial charge on any atom is -0.476 e. The molecule has 0 radical (unpaired) electrons. The number of piperidine rings is 1. The van der Waals surface area contributed by atoms with Gasteiger partial charge in [-0.25, -0.2) is 4.98 Å². The van der Waals surface area contributed by atoms with Crippen LogP contribution in [0.3, 0.4) is 0 Å². The number of benzene rings is 1. The molecule has 0 spiro atoms. The van der Waals surface area contributed by atoms with Crippen molar-refractivity contribution < 1.29 is 14.3 Å². The Morgan fingerprint density at radius 1 is 1.08 bits per heavy atom. The maximum Gasteiger partial charge on any atom is 0.223 e. The quantitative estimate of drug-likeness (QED) is 0.586. The molecule has 2 N–H and O–H groups in total. The topological polar surface area (TPSA) is 80.3 Å². The van der Waals surface area contributed by atoms with Crippen LogP contribution >= 0.6 is 0 Å². The molecule has 1 aromatic carbocycles. The highest BCUT2D eigenvalue weighted by molar-refractivity contribution is 6.08. The van der Waals surface area contributed by atoms with Gasteiger partial charge in [-0.05, 0) is 32.0 Å². The zero-order chi connectivity index (χ0) is 18.2. The Kier molecular flexibility index (Phi) is 6.33. The predicted molar refractivity (Wildman–Crippen MR) is 98.2 cm³/mol. The Balaban J connectivity index is 1.43. The molecule has 0 bridgehead atoms. The zero-order valence-corrected chi connectivity index (χ0v) is 14.6. The van der Waals surface area contributed by atoms with E-state index in [1.165, 1.54) is 6.20 Å². The van der Waals surface area contributed by atoms with E-state index in [0.29, 0.717) is 30.2 Å². The normalized spacial score (nSPS) is 14.6. The number of nitrogens with one attached hydrogen (secondary N) is 2. The molecule has 2 aromatic rings. The van der Waals surface area contributed by atoms with E-state index in [2.05, 4.69) is 15.6 Å². The minimum atomic E-state index is -0.0705. The monoisotopic (exact) mass is 353 g/mol. The maximum absolute atomic E-state index is 12.3. The number of ketones is 1. The summed E-state index contributed by atoms with van der Waals surface area (Å²) in [4.78, 5) is 28.5. The molecule has 6 nitrogen and oxygen atoms in total. The van der Waals surface area contributed by atoms with E-state index in [0.717, 1.165) is 25.9 Å². The van der Waals surface area contributed by atoms with Crippen LogP contribution in [0, 0.1) is 5.92 Å². The number of ether oxygens (including phenoxy) is 1. The van der Waals surface area contributed by atoms with E-state index in [1.54, 1.807) is 24.3 Å². The summed E-state index contributed by atoms with van der Waals surface area (Å²) in [6, 6.07) is 12.5. The van der Waals surface area contributed by atoms with Crippen molar-refractivity contribution in [1.29, 1.82) is 0 Å². The summed E-state index contributed by atoms with van der Waals surface area (Å²) in [5.74, 6) is 0.550. The number of hydrogen-bond acceptors (Lipinski definition) is 5. The number of amides is 1. The lowest BCUT2D eigenvalue weighted by Crippen LogP contribution is -2.39. The molecule has 3 rings (SSSR count). The van der Waals surface area contributed by atoms with E-state index < -0.39 is 0 Å². The highest BCUT2D eigenvalue weighted by Crippen LogP contribution is 2.13.